The van der Waals surface area contributed by atoms with Crippen molar-refractivity contribution in [2.45, 2.75) is 46.3 Å². The highest BCUT2D eigenvalue weighted by molar-refractivity contribution is 9.10. The highest BCUT2D eigenvalue weighted by Crippen LogP contribution is 2.45. The molecule has 1 fully saturated rings. The third kappa shape index (κ3) is 11.5. The van der Waals surface area contributed by atoms with E-state index in [4.69, 9.17) is 18.1 Å². The molecule has 0 saturated carbocycles. The number of fused-ring (bicyclic) bond motifs is 12. The molecule has 19 rings (SSSR count). The van der Waals surface area contributed by atoms with Crippen LogP contribution in [0.3, 0.4) is 0 Å². The molecule has 100 heavy (non-hydrogen) atoms. The van der Waals surface area contributed by atoms with Gasteiger partial charge in [-0.1, -0.05) is 260 Å². The van der Waals surface area contributed by atoms with Crippen LogP contribution < -0.4 is 5.46 Å². The van der Waals surface area contributed by atoms with Crippen molar-refractivity contribution in [1.29, 1.82) is 0 Å². The van der Waals surface area contributed by atoms with Gasteiger partial charge in [-0.05, 0) is 174 Å². The number of hydrogen-bond donors (Lipinski definition) is 0. The summed E-state index contributed by atoms with van der Waals surface area (Å²) in [7, 11) is -0.336. The molecule has 9 heteroatoms. The number of aromatic nitrogens is 2. The summed E-state index contributed by atoms with van der Waals surface area (Å²) in [6.07, 6.45) is 0. The summed E-state index contributed by atoms with van der Waals surface area (Å²) in [6.45, 7) is 8.33. The van der Waals surface area contributed by atoms with Gasteiger partial charge in [0.15, 0.2) is 0 Å². The Balaban J connectivity index is 0.000000127. The van der Waals surface area contributed by atoms with Crippen molar-refractivity contribution < 1.29 is 18.1 Å². The molecule has 0 atom stereocenters. The molecule has 5 heterocycles. The predicted octanol–water partition coefficient (Wildman–Crippen LogP) is 24.7. The standard InChI is InChI=1S/C42H27NO.C24H24BNO2.C24H15BrO.CH4.B/c1-2-11-28(12-3-1)32-16-10-17-33(42(32)30-23-26-41-37(27-30)36-15-6-9-20-40(36)44-41)29-21-24-31(25-22-29)43-38-18-7-4-13-34(38)35-14-5-8-19-39(35)43;1-23(2)24(3,4)28-25(27-23)17-13-15-18(16-14-17)26-21-11-7-5-9-19(21)20-10-6-8-12-22(20)26;25-21-11-6-10-18(16-7-2-1-3-8-16)24(21)17-13-14-23-20(15-17)19-9-4-5-12-22(19)26-23;;/h1-27H;5-16H,1-4H3;1-15H;1H4;. The van der Waals surface area contributed by atoms with Crippen molar-refractivity contribution in [3.8, 4) is 67.0 Å². The second kappa shape index (κ2) is 26.6. The molecule has 18 aromatic rings. The van der Waals surface area contributed by atoms with E-state index in [1.165, 1.54) is 99.2 Å². The van der Waals surface area contributed by atoms with Crippen LogP contribution in [-0.4, -0.2) is 35.9 Å². The van der Waals surface area contributed by atoms with E-state index in [0.29, 0.717) is 0 Å². The van der Waals surface area contributed by atoms with Gasteiger partial charge in [0.25, 0.3) is 0 Å². The van der Waals surface area contributed by atoms with E-state index in [-0.39, 0.29) is 34.2 Å². The van der Waals surface area contributed by atoms with E-state index in [1.54, 1.807) is 0 Å². The zero-order valence-corrected chi connectivity index (χ0v) is 56.8. The van der Waals surface area contributed by atoms with Gasteiger partial charge in [-0.2, -0.15) is 0 Å². The average molecular weight is 1360 g/mol. The molecular formula is C91H70B2BrN2O4. The highest BCUT2D eigenvalue weighted by atomic mass is 79.9. The van der Waals surface area contributed by atoms with Gasteiger partial charge in [-0.3, -0.25) is 0 Å². The fraction of sp³-hybridized carbons (Fsp3) is 0.0769. The zero-order valence-electron chi connectivity index (χ0n) is 55.2. The van der Waals surface area contributed by atoms with Crippen LogP contribution in [-0.2, 0) is 9.31 Å². The molecule has 14 aromatic carbocycles. The molecule has 481 valence electrons. The molecule has 4 aromatic heterocycles. The lowest BCUT2D eigenvalue weighted by Crippen LogP contribution is -2.41. The summed E-state index contributed by atoms with van der Waals surface area (Å²) in [5.74, 6) is 0. The van der Waals surface area contributed by atoms with Gasteiger partial charge in [0.1, 0.15) is 22.3 Å². The third-order valence-corrected chi connectivity index (χ3v) is 20.5. The number of furan rings is 2. The normalized spacial score (nSPS) is 13.2. The quantitative estimate of drug-likeness (QED) is 0.142. The number of hydrogen-bond acceptors (Lipinski definition) is 4. The summed E-state index contributed by atoms with van der Waals surface area (Å²) in [4.78, 5) is 0. The summed E-state index contributed by atoms with van der Waals surface area (Å²) in [5, 5.41) is 9.65. The molecule has 0 spiro atoms. The molecule has 0 unspecified atom stereocenters. The fourth-order valence-electron chi connectivity index (χ4n) is 14.4. The Hall–Kier alpha value is -11.2. The Bertz CT molecular complexity index is 5910. The van der Waals surface area contributed by atoms with Gasteiger partial charge in [0.05, 0.1) is 33.3 Å². The van der Waals surface area contributed by atoms with E-state index in [0.717, 1.165) is 65.2 Å². The smallest absolute Gasteiger partial charge is 0.456 e. The maximum atomic E-state index is 6.19. The minimum atomic E-state index is -0.336. The minimum absolute atomic E-state index is 0. The van der Waals surface area contributed by atoms with Crippen LogP contribution in [0, 0.1) is 0 Å². The Morgan fingerprint density at radius 2 is 0.610 bits per heavy atom. The van der Waals surface area contributed by atoms with Gasteiger partial charge in [-0.25, -0.2) is 0 Å². The number of halogens is 1. The van der Waals surface area contributed by atoms with Gasteiger partial charge >= 0.3 is 7.12 Å². The molecule has 6 nitrogen and oxygen atoms in total. The molecule has 0 bridgehead atoms. The molecule has 1 aliphatic rings. The maximum Gasteiger partial charge on any atom is 0.494 e. The molecule has 0 N–H and O–H groups in total. The number of benzene rings is 14. The van der Waals surface area contributed by atoms with E-state index < -0.39 is 0 Å². The Morgan fingerprint density at radius 3 is 1.04 bits per heavy atom. The van der Waals surface area contributed by atoms with E-state index in [9.17, 15) is 0 Å². The SMILES string of the molecule is Brc1cccc(-c2ccccc2)c1-c1ccc2oc3ccccc3c2c1.C.CC1(C)OB(c2ccc(-n3c4ccccc4c4ccccc43)cc2)OC1(C)C.[B].c1ccc(-c2cccc(-c3ccc(-n4c5ccccc5c5ccccc54)cc3)c2-c2ccc3oc4ccccc4c3c2)cc1. The van der Waals surface area contributed by atoms with Gasteiger partial charge in [0.2, 0.25) is 0 Å². The van der Waals surface area contributed by atoms with Crippen LogP contribution in [0.5, 0.6) is 0 Å². The molecule has 3 radical (unpaired) electrons. The maximum absolute atomic E-state index is 6.19. The monoisotopic (exact) mass is 1360 g/mol. The van der Waals surface area contributed by atoms with E-state index in [1.807, 2.05) is 30.3 Å². The second-order valence-corrected chi connectivity index (χ2v) is 27.1. The van der Waals surface area contributed by atoms with Gasteiger partial charge in [-0.15, -0.1) is 0 Å². The first-order valence-corrected chi connectivity index (χ1v) is 34.2. The summed E-state index contributed by atoms with van der Waals surface area (Å²) >= 11 is 3.76. The number of rotatable bonds is 8. The minimum Gasteiger partial charge on any atom is -0.456 e. The first-order chi connectivity index (χ1) is 48.0. The predicted molar refractivity (Wildman–Crippen MR) is 426 cm³/mol. The van der Waals surface area contributed by atoms with E-state index >= 15 is 0 Å². The lowest BCUT2D eigenvalue weighted by molar-refractivity contribution is 0.00578. The molecule has 0 amide bonds. The average Bonchev–Trinajstić information content (AvgIpc) is 1.52. The van der Waals surface area contributed by atoms with E-state index in [2.05, 4.69) is 350 Å². The fourth-order valence-corrected chi connectivity index (χ4v) is 14.9. The third-order valence-electron chi connectivity index (χ3n) is 19.9. The second-order valence-electron chi connectivity index (χ2n) is 26.2. The summed E-state index contributed by atoms with van der Waals surface area (Å²) < 4.78 is 30.3. The van der Waals surface area contributed by atoms with Crippen molar-refractivity contribution in [3.05, 3.63) is 332 Å². The molecule has 1 saturated heterocycles. The number of para-hydroxylation sites is 6. The van der Waals surface area contributed by atoms with Crippen LogP contribution in [0.15, 0.2) is 341 Å². The largest absolute Gasteiger partial charge is 0.494 e. The zero-order chi connectivity index (χ0) is 66.1. The van der Waals surface area contributed by atoms with Crippen LogP contribution in [0.4, 0.5) is 0 Å². The van der Waals surface area contributed by atoms with Crippen LogP contribution in [0.25, 0.3) is 154 Å². The summed E-state index contributed by atoms with van der Waals surface area (Å²) in [5.41, 5.74) is 23.2. The Morgan fingerprint density at radius 1 is 0.290 bits per heavy atom. The van der Waals surface area contributed by atoms with Crippen molar-refractivity contribution in [3.63, 3.8) is 0 Å². The topological polar surface area (TPSA) is 54.6 Å². The van der Waals surface area contributed by atoms with Crippen LogP contribution in [0.2, 0.25) is 0 Å². The van der Waals surface area contributed by atoms with Crippen LogP contribution >= 0.6 is 15.9 Å². The molecular weight excluding hydrogens is 1290 g/mol. The van der Waals surface area contributed by atoms with Gasteiger partial charge < -0.3 is 27.3 Å². The first kappa shape index (κ1) is 64.8. The lowest BCUT2D eigenvalue weighted by Gasteiger charge is -2.32. The van der Waals surface area contributed by atoms with Crippen LogP contribution in [0.1, 0.15) is 35.1 Å². The number of nitrogens with zero attached hydrogens (tertiary/aromatic N) is 2. The van der Waals surface area contributed by atoms with Crippen molar-refractivity contribution in [2.75, 3.05) is 0 Å². The summed E-state index contributed by atoms with van der Waals surface area (Å²) in [6, 6.07) is 116. The molecule has 1 aliphatic heterocycles. The molecule has 0 aliphatic carbocycles. The van der Waals surface area contributed by atoms with Gasteiger partial charge in [0, 0.05) is 72.9 Å². The first-order valence-electron chi connectivity index (χ1n) is 33.4. The van der Waals surface area contributed by atoms with Crippen molar-refractivity contribution >= 4 is 124 Å². The lowest BCUT2D eigenvalue weighted by atomic mass is 9.79. The Kier molecular flexibility index (Phi) is 17.2. The Labute approximate surface area is 593 Å². The van der Waals surface area contributed by atoms with Crippen molar-refractivity contribution in [1.82, 2.24) is 9.13 Å². The van der Waals surface area contributed by atoms with Crippen molar-refractivity contribution in [2.24, 2.45) is 0 Å². The highest BCUT2D eigenvalue weighted by Gasteiger charge is 2.51.